The minimum absolute atomic E-state index is 0.610. The van der Waals surface area contributed by atoms with Gasteiger partial charge in [0.05, 0.1) is 16.2 Å². The predicted octanol–water partition coefficient (Wildman–Crippen LogP) is 4.01. The van der Waals surface area contributed by atoms with E-state index in [1.54, 1.807) is 6.20 Å². The van der Waals surface area contributed by atoms with Crippen molar-refractivity contribution < 1.29 is 0 Å². The van der Waals surface area contributed by atoms with E-state index in [4.69, 9.17) is 11.6 Å². The van der Waals surface area contributed by atoms with Crippen LogP contribution in [0.4, 0.5) is 0 Å². The minimum Gasteiger partial charge on any atom is -0.347 e. The summed E-state index contributed by atoms with van der Waals surface area (Å²) in [5.74, 6) is 0.747. The Morgan fingerprint density at radius 3 is 3.10 bits per heavy atom. The second-order valence-electron chi connectivity index (χ2n) is 5.27. The summed E-state index contributed by atoms with van der Waals surface area (Å²) in [5, 5.41) is 1.85. The Balaban J connectivity index is 2.07. The van der Waals surface area contributed by atoms with E-state index >= 15 is 0 Å². The molecule has 1 aliphatic rings. The SMILES string of the molecule is Cc1ncc(Cl)c(-c2cn3c4c(cccc24)CCC3)n1. The second-order valence-corrected chi connectivity index (χ2v) is 5.67. The van der Waals surface area contributed by atoms with Gasteiger partial charge >= 0.3 is 0 Å². The first-order valence-corrected chi connectivity index (χ1v) is 7.22. The van der Waals surface area contributed by atoms with E-state index in [0.29, 0.717) is 5.02 Å². The smallest absolute Gasteiger partial charge is 0.125 e. The van der Waals surface area contributed by atoms with Gasteiger partial charge in [0.25, 0.3) is 0 Å². The van der Waals surface area contributed by atoms with Crippen molar-refractivity contribution in [3.05, 3.63) is 47.0 Å². The fourth-order valence-corrected chi connectivity index (χ4v) is 3.28. The van der Waals surface area contributed by atoms with E-state index in [2.05, 4.69) is 38.9 Å². The van der Waals surface area contributed by atoms with Crippen LogP contribution in [-0.4, -0.2) is 14.5 Å². The summed E-state index contributed by atoms with van der Waals surface area (Å²) < 4.78 is 2.33. The highest BCUT2D eigenvalue weighted by Gasteiger charge is 2.18. The largest absolute Gasteiger partial charge is 0.347 e. The quantitative estimate of drug-likeness (QED) is 0.676. The molecular formula is C16H14ClN3. The minimum atomic E-state index is 0.610. The van der Waals surface area contributed by atoms with Crippen molar-refractivity contribution in [2.75, 3.05) is 0 Å². The van der Waals surface area contributed by atoms with Crippen molar-refractivity contribution in [1.82, 2.24) is 14.5 Å². The first kappa shape index (κ1) is 11.9. The second kappa shape index (κ2) is 4.32. The van der Waals surface area contributed by atoms with Crippen LogP contribution in [0.25, 0.3) is 22.2 Å². The molecule has 0 saturated carbocycles. The van der Waals surface area contributed by atoms with Crippen molar-refractivity contribution in [2.45, 2.75) is 26.3 Å². The molecule has 100 valence electrons. The van der Waals surface area contributed by atoms with Crippen LogP contribution in [0.15, 0.2) is 30.6 Å². The van der Waals surface area contributed by atoms with Gasteiger partial charge in [-0.25, -0.2) is 9.97 Å². The Labute approximate surface area is 122 Å². The van der Waals surface area contributed by atoms with Crippen molar-refractivity contribution >= 4 is 22.5 Å². The molecule has 3 heterocycles. The van der Waals surface area contributed by atoms with Crippen LogP contribution in [0.5, 0.6) is 0 Å². The number of benzene rings is 1. The lowest BCUT2D eigenvalue weighted by Gasteiger charge is -2.14. The van der Waals surface area contributed by atoms with E-state index in [0.717, 1.165) is 30.0 Å². The molecule has 0 amide bonds. The van der Waals surface area contributed by atoms with Gasteiger partial charge in [-0.1, -0.05) is 29.8 Å². The van der Waals surface area contributed by atoms with Crippen LogP contribution in [0.3, 0.4) is 0 Å². The van der Waals surface area contributed by atoms with Gasteiger partial charge in [0.2, 0.25) is 0 Å². The molecule has 0 saturated heterocycles. The lowest BCUT2D eigenvalue weighted by atomic mass is 10.0. The van der Waals surface area contributed by atoms with Gasteiger partial charge < -0.3 is 4.57 Å². The number of aryl methyl sites for hydroxylation is 3. The Morgan fingerprint density at radius 2 is 2.20 bits per heavy atom. The zero-order valence-corrected chi connectivity index (χ0v) is 12.0. The highest BCUT2D eigenvalue weighted by atomic mass is 35.5. The number of aromatic nitrogens is 3. The molecule has 0 spiro atoms. The summed E-state index contributed by atoms with van der Waals surface area (Å²) in [4.78, 5) is 8.69. The molecule has 0 bridgehead atoms. The number of hydrogen-bond donors (Lipinski definition) is 0. The van der Waals surface area contributed by atoms with Crippen LogP contribution in [0, 0.1) is 6.92 Å². The normalized spacial score (nSPS) is 13.9. The van der Waals surface area contributed by atoms with Gasteiger partial charge in [0.15, 0.2) is 0 Å². The number of para-hydroxylation sites is 1. The zero-order valence-electron chi connectivity index (χ0n) is 11.2. The fourth-order valence-electron chi connectivity index (χ4n) is 3.09. The molecule has 0 fully saturated rings. The monoisotopic (exact) mass is 283 g/mol. The predicted molar refractivity (Wildman–Crippen MR) is 81.0 cm³/mol. The number of nitrogens with zero attached hydrogens (tertiary/aromatic N) is 3. The van der Waals surface area contributed by atoms with Crippen molar-refractivity contribution in [3.63, 3.8) is 0 Å². The van der Waals surface area contributed by atoms with Gasteiger partial charge in [0, 0.05) is 29.9 Å². The average Bonchev–Trinajstić information content (AvgIpc) is 2.83. The van der Waals surface area contributed by atoms with Gasteiger partial charge in [-0.2, -0.15) is 0 Å². The summed E-state index contributed by atoms with van der Waals surface area (Å²) >= 11 is 6.30. The Morgan fingerprint density at radius 1 is 1.30 bits per heavy atom. The third-order valence-corrected chi connectivity index (χ3v) is 4.22. The maximum atomic E-state index is 6.30. The zero-order chi connectivity index (χ0) is 13.7. The van der Waals surface area contributed by atoms with Crippen LogP contribution >= 0.6 is 11.6 Å². The molecule has 0 unspecified atom stereocenters. The summed E-state index contributed by atoms with van der Waals surface area (Å²) in [6.45, 7) is 2.96. The van der Waals surface area contributed by atoms with E-state index in [9.17, 15) is 0 Å². The maximum Gasteiger partial charge on any atom is 0.125 e. The van der Waals surface area contributed by atoms with E-state index < -0.39 is 0 Å². The highest BCUT2D eigenvalue weighted by Crippen LogP contribution is 2.36. The van der Waals surface area contributed by atoms with Crippen molar-refractivity contribution in [3.8, 4) is 11.3 Å². The summed E-state index contributed by atoms with van der Waals surface area (Å²) in [5.41, 5.74) is 4.70. The molecule has 4 heteroatoms. The first-order chi connectivity index (χ1) is 9.74. The van der Waals surface area contributed by atoms with E-state index in [1.807, 2.05) is 6.92 Å². The summed E-state index contributed by atoms with van der Waals surface area (Å²) in [6, 6.07) is 6.50. The van der Waals surface area contributed by atoms with Gasteiger partial charge in [-0.3, -0.25) is 0 Å². The van der Waals surface area contributed by atoms with Crippen LogP contribution in [0.1, 0.15) is 17.8 Å². The highest BCUT2D eigenvalue weighted by molar-refractivity contribution is 6.33. The molecule has 1 aliphatic heterocycles. The van der Waals surface area contributed by atoms with Crippen molar-refractivity contribution in [1.29, 1.82) is 0 Å². The lowest BCUT2D eigenvalue weighted by molar-refractivity contribution is 0.636. The fraction of sp³-hybridized carbons (Fsp3) is 0.250. The molecule has 0 atom stereocenters. The summed E-state index contributed by atoms with van der Waals surface area (Å²) in [7, 11) is 0. The lowest BCUT2D eigenvalue weighted by Crippen LogP contribution is -2.05. The van der Waals surface area contributed by atoms with Gasteiger partial charge in [0.1, 0.15) is 5.82 Å². The number of rotatable bonds is 1. The molecular weight excluding hydrogens is 270 g/mol. The molecule has 1 aromatic carbocycles. The standard InChI is InChI=1S/C16H14ClN3/c1-10-18-8-14(17)15(19-10)13-9-20-7-3-5-11-4-2-6-12(13)16(11)20/h2,4,6,8-9H,3,5,7H2,1H3. The third kappa shape index (κ3) is 1.66. The van der Waals surface area contributed by atoms with Crippen LogP contribution in [0.2, 0.25) is 5.02 Å². The third-order valence-electron chi connectivity index (χ3n) is 3.95. The number of hydrogen-bond acceptors (Lipinski definition) is 2. The molecule has 3 aromatic rings. The van der Waals surface area contributed by atoms with Crippen molar-refractivity contribution in [2.24, 2.45) is 0 Å². The molecule has 0 radical (unpaired) electrons. The number of halogens is 1. The van der Waals surface area contributed by atoms with Crippen LogP contribution in [-0.2, 0) is 13.0 Å². The molecule has 0 N–H and O–H groups in total. The van der Waals surface area contributed by atoms with Gasteiger partial charge in [-0.15, -0.1) is 0 Å². The maximum absolute atomic E-state index is 6.30. The summed E-state index contributed by atoms with van der Waals surface area (Å²) in [6.07, 6.45) is 6.21. The van der Waals surface area contributed by atoms with E-state index in [-0.39, 0.29) is 0 Å². The molecule has 3 nitrogen and oxygen atoms in total. The van der Waals surface area contributed by atoms with Crippen LogP contribution < -0.4 is 0 Å². The molecule has 2 aromatic heterocycles. The molecule has 4 rings (SSSR count). The molecule has 0 aliphatic carbocycles. The Hall–Kier alpha value is -1.87. The first-order valence-electron chi connectivity index (χ1n) is 6.84. The van der Waals surface area contributed by atoms with Gasteiger partial charge in [-0.05, 0) is 25.3 Å². The average molecular weight is 284 g/mol. The molecule has 20 heavy (non-hydrogen) atoms. The topological polar surface area (TPSA) is 30.7 Å². The Bertz CT molecular complexity index is 820. The van der Waals surface area contributed by atoms with E-state index in [1.165, 1.54) is 22.9 Å². The Kier molecular flexibility index (Phi) is 2.57.